The average molecular weight is 278 g/mol. The zero-order valence-electron chi connectivity index (χ0n) is 13.4. The van der Waals surface area contributed by atoms with Gasteiger partial charge in [0.2, 0.25) is 0 Å². The van der Waals surface area contributed by atoms with Crippen molar-refractivity contribution in [3.8, 4) is 0 Å². The molecule has 0 radical (unpaired) electrons. The first-order chi connectivity index (χ1) is 9.52. The number of piperidine rings is 1. The number of likely N-dealkylation sites (tertiary alicyclic amines) is 1. The van der Waals surface area contributed by atoms with Gasteiger partial charge in [-0.15, -0.1) is 0 Å². The third-order valence-corrected chi connectivity index (χ3v) is 4.84. The molecule has 1 aromatic rings. The third-order valence-electron chi connectivity index (χ3n) is 4.84. The highest BCUT2D eigenvalue weighted by Gasteiger charge is 2.32. The van der Waals surface area contributed by atoms with Gasteiger partial charge in [0.1, 0.15) is 11.5 Å². The number of aryl methyl sites for hydroxylation is 1. The monoisotopic (exact) mass is 278 g/mol. The second kappa shape index (κ2) is 6.77. The van der Waals surface area contributed by atoms with Crippen LogP contribution in [0, 0.1) is 18.8 Å². The summed E-state index contributed by atoms with van der Waals surface area (Å²) in [6.07, 6.45) is 3.54. The molecular weight excluding hydrogens is 248 g/mol. The van der Waals surface area contributed by atoms with Crippen LogP contribution in [-0.4, -0.2) is 24.0 Å². The Balaban J connectivity index is 2.09. The number of nitrogens with zero attached hydrogens (tertiary/aromatic N) is 1. The Morgan fingerprint density at radius 1 is 1.30 bits per heavy atom. The summed E-state index contributed by atoms with van der Waals surface area (Å²) in [5.74, 6) is 3.68. The van der Waals surface area contributed by atoms with E-state index in [0.29, 0.717) is 0 Å². The minimum Gasteiger partial charge on any atom is -0.465 e. The first-order valence-electron chi connectivity index (χ1n) is 8.08. The average Bonchev–Trinajstić information content (AvgIpc) is 2.85. The Kier molecular flexibility index (Phi) is 5.28. The fourth-order valence-corrected chi connectivity index (χ4v) is 3.36. The molecule has 3 heteroatoms. The van der Waals surface area contributed by atoms with E-state index in [4.69, 9.17) is 10.2 Å². The van der Waals surface area contributed by atoms with Crippen LogP contribution in [0.25, 0.3) is 0 Å². The molecule has 2 heterocycles. The maximum atomic E-state index is 6.38. The van der Waals surface area contributed by atoms with Gasteiger partial charge in [-0.25, -0.2) is 0 Å². The Morgan fingerprint density at radius 3 is 2.40 bits per heavy atom. The molecule has 0 aliphatic carbocycles. The zero-order chi connectivity index (χ0) is 14.7. The van der Waals surface area contributed by atoms with E-state index in [1.165, 1.54) is 12.8 Å². The lowest BCUT2D eigenvalue weighted by Crippen LogP contribution is -2.45. The number of rotatable bonds is 5. The van der Waals surface area contributed by atoms with Gasteiger partial charge >= 0.3 is 0 Å². The molecule has 1 aliphatic rings. The van der Waals surface area contributed by atoms with E-state index >= 15 is 0 Å². The van der Waals surface area contributed by atoms with Gasteiger partial charge < -0.3 is 10.2 Å². The van der Waals surface area contributed by atoms with Crippen molar-refractivity contribution in [2.75, 3.05) is 13.1 Å². The van der Waals surface area contributed by atoms with Crippen molar-refractivity contribution in [1.82, 2.24) is 4.90 Å². The summed E-state index contributed by atoms with van der Waals surface area (Å²) in [6.45, 7) is 11.1. The lowest BCUT2D eigenvalue weighted by atomic mass is 9.85. The summed E-state index contributed by atoms with van der Waals surface area (Å²) in [7, 11) is 0. The topological polar surface area (TPSA) is 42.4 Å². The molecule has 3 nitrogen and oxygen atoms in total. The molecule has 1 aliphatic heterocycles. The molecule has 20 heavy (non-hydrogen) atoms. The van der Waals surface area contributed by atoms with Gasteiger partial charge in [0.05, 0.1) is 6.04 Å². The van der Waals surface area contributed by atoms with Crippen LogP contribution in [0.15, 0.2) is 16.5 Å². The van der Waals surface area contributed by atoms with Crippen molar-refractivity contribution in [3.63, 3.8) is 0 Å². The van der Waals surface area contributed by atoms with Crippen LogP contribution in [0.5, 0.6) is 0 Å². The minimum absolute atomic E-state index is 0.149. The van der Waals surface area contributed by atoms with Gasteiger partial charge in [-0.05, 0) is 63.2 Å². The molecule has 2 N–H and O–H groups in total. The lowest BCUT2D eigenvalue weighted by molar-refractivity contribution is 0.0870. The number of furan rings is 1. The van der Waals surface area contributed by atoms with E-state index in [0.717, 1.165) is 42.9 Å². The summed E-state index contributed by atoms with van der Waals surface area (Å²) in [5, 5.41) is 0. The number of hydrogen-bond acceptors (Lipinski definition) is 3. The van der Waals surface area contributed by atoms with Crippen LogP contribution >= 0.6 is 0 Å². The molecule has 1 fully saturated rings. The predicted octanol–water partition coefficient (Wildman–Crippen LogP) is 3.73. The molecule has 0 amide bonds. The molecular formula is C17H30N2O. The number of nitrogens with two attached hydrogens (primary N) is 1. The van der Waals surface area contributed by atoms with Crippen LogP contribution in [0.3, 0.4) is 0 Å². The maximum absolute atomic E-state index is 6.38. The first kappa shape index (κ1) is 15.6. The first-order valence-corrected chi connectivity index (χ1v) is 8.08. The second-order valence-electron chi connectivity index (χ2n) is 6.58. The van der Waals surface area contributed by atoms with Crippen LogP contribution < -0.4 is 5.73 Å². The quantitative estimate of drug-likeness (QED) is 0.892. The molecule has 0 spiro atoms. The summed E-state index contributed by atoms with van der Waals surface area (Å²) in [5.41, 5.74) is 6.38. The van der Waals surface area contributed by atoms with Crippen molar-refractivity contribution in [3.05, 3.63) is 23.7 Å². The Hall–Kier alpha value is -0.800. The molecule has 0 saturated carbocycles. The largest absolute Gasteiger partial charge is 0.465 e. The van der Waals surface area contributed by atoms with Gasteiger partial charge in [0.25, 0.3) is 0 Å². The van der Waals surface area contributed by atoms with E-state index in [1.807, 2.05) is 13.0 Å². The van der Waals surface area contributed by atoms with Gasteiger partial charge in [0.15, 0.2) is 0 Å². The van der Waals surface area contributed by atoms with Gasteiger partial charge in [-0.3, -0.25) is 4.90 Å². The van der Waals surface area contributed by atoms with E-state index in [2.05, 4.69) is 31.7 Å². The molecule has 1 aromatic heterocycles. The lowest BCUT2D eigenvalue weighted by Gasteiger charge is -2.40. The maximum Gasteiger partial charge on any atom is 0.122 e. The molecule has 2 rings (SSSR count). The summed E-state index contributed by atoms with van der Waals surface area (Å²) in [4.78, 5) is 2.53. The second-order valence-corrected chi connectivity index (χ2v) is 6.58. The standard InChI is InChI=1S/C17H30N2O/c1-5-15(18)17(16-7-6-13(4)20-16)19-10-8-14(9-11-19)12(2)3/h6-7,12,14-15,17H,5,8-11,18H2,1-4H3. The predicted molar refractivity (Wildman–Crippen MR) is 83.6 cm³/mol. The fourth-order valence-electron chi connectivity index (χ4n) is 3.36. The van der Waals surface area contributed by atoms with E-state index in [-0.39, 0.29) is 12.1 Å². The Labute approximate surface area is 123 Å². The van der Waals surface area contributed by atoms with Crippen LogP contribution in [0.4, 0.5) is 0 Å². The van der Waals surface area contributed by atoms with Crippen molar-refractivity contribution in [1.29, 1.82) is 0 Å². The van der Waals surface area contributed by atoms with Gasteiger partial charge in [0, 0.05) is 6.04 Å². The molecule has 2 atom stereocenters. The highest BCUT2D eigenvalue weighted by atomic mass is 16.3. The Bertz CT molecular complexity index is 405. The molecule has 114 valence electrons. The fraction of sp³-hybridized carbons (Fsp3) is 0.765. The number of hydrogen-bond donors (Lipinski definition) is 1. The van der Waals surface area contributed by atoms with Crippen molar-refractivity contribution >= 4 is 0 Å². The molecule has 0 bridgehead atoms. The highest BCUT2D eigenvalue weighted by Crippen LogP contribution is 2.32. The van der Waals surface area contributed by atoms with Crippen LogP contribution in [0.1, 0.15) is 57.6 Å². The third kappa shape index (κ3) is 3.44. The van der Waals surface area contributed by atoms with Crippen molar-refractivity contribution < 1.29 is 4.42 Å². The van der Waals surface area contributed by atoms with E-state index < -0.39 is 0 Å². The smallest absolute Gasteiger partial charge is 0.122 e. The summed E-state index contributed by atoms with van der Waals surface area (Å²) < 4.78 is 5.87. The Morgan fingerprint density at radius 2 is 1.95 bits per heavy atom. The minimum atomic E-state index is 0.149. The normalized spacial score (nSPS) is 21.3. The zero-order valence-corrected chi connectivity index (χ0v) is 13.4. The molecule has 2 unspecified atom stereocenters. The van der Waals surface area contributed by atoms with Crippen LogP contribution in [0.2, 0.25) is 0 Å². The summed E-state index contributed by atoms with van der Waals surface area (Å²) in [6, 6.07) is 4.54. The van der Waals surface area contributed by atoms with Crippen molar-refractivity contribution in [2.45, 2.75) is 59.0 Å². The molecule has 1 saturated heterocycles. The SMILES string of the molecule is CCC(N)C(c1ccc(C)o1)N1CCC(C(C)C)CC1. The van der Waals surface area contributed by atoms with E-state index in [9.17, 15) is 0 Å². The summed E-state index contributed by atoms with van der Waals surface area (Å²) >= 11 is 0. The molecule has 0 aromatic carbocycles. The van der Waals surface area contributed by atoms with Crippen molar-refractivity contribution in [2.24, 2.45) is 17.6 Å². The van der Waals surface area contributed by atoms with Gasteiger partial charge in [-0.2, -0.15) is 0 Å². The van der Waals surface area contributed by atoms with Gasteiger partial charge in [-0.1, -0.05) is 20.8 Å². The van der Waals surface area contributed by atoms with E-state index in [1.54, 1.807) is 0 Å². The van der Waals surface area contributed by atoms with Crippen LogP contribution in [-0.2, 0) is 0 Å². The highest BCUT2D eigenvalue weighted by molar-refractivity contribution is 5.12.